The van der Waals surface area contributed by atoms with Crippen LogP contribution in [0.2, 0.25) is 0 Å². The maximum Gasteiger partial charge on any atom is 0.0427 e. The zero-order chi connectivity index (χ0) is 21.3. The number of rotatable bonds is 5. The van der Waals surface area contributed by atoms with Gasteiger partial charge in [-0.15, -0.1) is 0 Å². The van der Waals surface area contributed by atoms with Crippen LogP contribution >= 0.6 is 0 Å². The van der Waals surface area contributed by atoms with E-state index < -0.39 is 0 Å². The third-order valence-corrected chi connectivity index (χ3v) is 7.59. The normalized spacial score (nSPS) is 27.7. The Morgan fingerprint density at radius 1 is 0.968 bits per heavy atom. The summed E-state index contributed by atoms with van der Waals surface area (Å²) in [6.45, 7) is 5.21. The molecule has 5 rings (SSSR count). The van der Waals surface area contributed by atoms with Crippen molar-refractivity contribution in [3.8, 4) is 0 Å². The molecule has 0 amide bonds. The van der Waals surface area contributed by atoms with E-state index in [9.17, 15) is 0 Å². The topological polar surface area (TPSA) is 62.4 Å². The second-order valence-electron chi connectivity index (χ2n) is 9.88. The first kappa shape index (κ1) is 22.7. The number of nitrogens with zero attached hydrogens (tertiary/aromatic N) is 1. The highest BCUT2D eigenvalue weighted by Gasteiger charge is 2.21. The van der Waals surface area contributed by atoms with Crippen LogP contribution in [0.4, 0.5) is 0 Å². The first-order chi connectivity index (χ1) is 15.3. The van der Waals surface area contributed by atoms with Gasteiger partial charge in [-0.25, -0.2) is 0 Å². The Hall–Kier alpha value is -1.49. The molecule has 0 saturated heterocycles. The predicted octanol–water partition coefficient (Wildman–Crippen LogP) is 4.39. The minimum atomic E-state index is 0.584. The molecule has 2 fully saturated rings. The van der Waals surface area contributed by atoms with E-state index in [-0.39, 0.29) is 0 Å². The molecular formula is C27H42N4. The van der Waals surface area contributed by atoms with Gasteiger partial charge in [0.25, 0.3) is 0 Å². The average Bonchev–Trinajstić information content (AvgIpc) is 2.85. The van der Waals surface area contributed by atoms with Gasteiger partial charge in [-0.05, 0) is 106 Å². The molecule has 0 radical (unpaired) electrons. The fourth-order valence-corrected chi connectivity index (χ4v) is 5.55. The monoisotopic (exact) mass is 422 g/mol. The molecule has 4 nitrogen and oxygen atoms in total. The molecule has 0 spiro atoms. The van der Waals surface area contributed by atoms with E-state index in [2.05, 4.69) is 46.0 Å². The molecule has 1 aromatic rings. The van der Waals surface area contributed by atoms with Crippen LogP contribution < -0.4 is 16.4 Å². The van der Waals surface area contributed by atoms with Crippen LogP contribution in [0, 0.1) is 11.8 Å². The highest BCUT2D eigenvalue weighted by molar-refractivity contribution is 6.01. The predicted molar refractivity (Wildman–Crippen MR) is 132 cm³/mol. The van der Waals surface area contributed by atoms with Gasteiger partial charge in [0.2, 0.25) is 0 Å². The van der Waals surface area contributed by atoms with Gasteiger partial charge in [-0.1, -0.05) is 30.3 Å². The molecule has 2 heterocycles. The smallest absolute Gasteiger partial charge is 0.0427 e. The molecular weight excluding hydrogens is 380 g/mol. The number of hydrogen-bond acceptors (Lipinski definition) is 4. The van der Waals surface area contributed by atoms with E-state index in [1.807, 2.05) is 0 Å². The summed E-state index contributed by atoms with van der Waals surface area (Å²) in [5.41, 5.74) is 11.7. The van der Waals surface area contributed by atoms with Gasteiger partial charge in [-0.2, -0.15) is 0 Å². The van der Waals surface area contributed by atoms with Crippen molar-refractivity contribution in [2.24, 2.45) is 22.6 Å². The van der Waals surface area contributed by atoms with Gasteiger partial charge in [0, 0.05) is 31.4 Å². The lowest BCUT2D eigenvalue weighted by molar-refractivity contribution is 0.269. The van der Waals surface area contributed by atoms with Crippen LogP contribution in [-0.2, 0) is 13.0 Å². The van der Waals surface area contributed by atoms with Crippen molar-refractivity contribution in [3.63, 3.8) is 0 Å². The number of dihydropyridines is 1. The zero-order valence-corrected chi connectivity index (χ0v) is 19.2. The molecule has 2 aliphatic heterocycles. The zero-order valence-electron chi connectivity index (χ0n) is 19.2. The van der Waals surface area contributed by atoms with E-state index in [1.165, 1.54) is 81.2 Å². The second-order valence-corrected chi connectivity index (χ2v) is 9.88. The number of aliphatic imine (C=N–C) groups is 1. The number of fused-ring (bicyclic) bond motifs is 2. The largest absolute Gasteiger partial charge is 0.330 e. The average molecular weight is 423 g/mol. The summed E-state index contributed by atoms with van der Waals surface area (Å²) in [5, 5.41) is 7.34. The maximum atomic E-state index is 5.76. The Morgan fingerprint density at radius 2 is 1.74 bits per heavy atom. The summed E-state index contributed by atoms with van der Waals surface area (Å²) in [6.07, 6.45) is 15.4. The Bertz CT molecular complexity index is 723. The lowest BCUT2D eigenvalue weighted by atomic mass is 9.82. The molecule has 170 valence electrons. The SMILES string of the molecule is C1=C2CCCCC2=NCC1.NCC1CCC(CNCC2Cc3ccccc3CN2)CC1. The van der Waals surface area contributed by atoms with Crippen LogP contribution in [0.25, 0.3) is 0 Å². The Morgan fingerprint density at radius 3 is 2.55 bits per heavy atom. The number of benzene rings is 1. The Kier molecular flexibility index (Phi) is 8.74. The van der Waals surface area contributed by atoms with Crippen molar-refractivity contribution in [3.05, 3.63) is 47.0 Å². The summed E-state index contributed by atoms with van der Waals surface area (Å²) in [5.74, 6) is 1.65. The van der Waals surface area contributed by atoms with Gasteiger partial charge < -0.3 is 16.4 Å². The first-order valence-electron chi connectivity index (χ1n) is 12.8. The molecule has 4 heteroatoms. The standard InChI is InChI=1S/C18H29N3.C9H13N/c19-10-14-5-7-15(8-6-14)11-20-13-18-9-16-3-1-2-4-17(16)12-21-18;1-2-6-9-8(4-1)5-3-7-10-9/h1-4,14-15,18,20-21H,5-13,19H2;5H,1-4,6-7H2. The second kappa shape index (κ2) is 11.9. The minimum absolute atomic E-state index is 0.584. The van der Waals surface area contributed by atoms with Crippen LogP contribution in [0.1, 0.15) is 68.9 Å². The summed E-state index contributed by atoms with van der Waals surface area (Å²) in [4.78, 5) is 4.50. The van der Waals surface area contributed by atoms with Gasteiger partial charge >= 0.3 is 0 Å². The molecule has 2 saturated carbocycles. The highest BCUT2D eigenvalue weighted by atomic mass is 15.0. The van der Waals surface area contributed by atoms with Gasteiger partial charge in [0.15, 0.2) is 0 Å². The third kappa shape index (κ3) is 6.74. The summed E-state index contributed by atoms with van der Waals surface area (Å²) >= 11 is 0. The van der Waals surface area contributed by atoms with Crippen molar-refractivity contribution in [2.45, 2.75) is 76.8 Å². The molecule has 31 heavy (non-hydrogen) atoms. The summed E-state index contributed by atoms with van der Waals surface area (Å²) < 4.78 is 0. The van der Waals surface area contributed by atoms with Crippen molar-refractivity contribution < 1.29 is 0 Å². The molecule has 0 bridgehead atoms. The van der Waals surface area contributed by atoms with Crippen molar-refractivity contribution in [1.29, 1.82) is 0 Å². The van der Waals surface area contributed by atoms with Gasteiger partial charge in [0.05, 0.1) is 0 Å². The fraction of sp³-hybridized carbons (Fsp3) is 0.667. The van der Waals surface area contributed by atoms with Gasteiger partial charge in [0.1, 0.15) is 0 Å². The van der Waals surface area contributed by atoms with Crippen molar-refractivity contribution in [1.82, 2.24) is 10.6 Å². The van der Waals surface area contributed by atoms with Crippen LogP contribution in [0.3, 0.4) is 0 Å². The van der Waals surface area contributed by atoms with Crippen molar-refractivity contribution in [2.75, 3.05) is 26.2 Å². The number of hydrogen-bond donors (Lipinski definition) is 3. The quantitative estimate of drug-likeness (QED) is 0.660. The lowest BCUT2D eigenvalue weighted by Gasteiger charge is -2.30. The van der Waals surface area contributed by atoms with Crippen molar-refractivity contribution >= 4 is 5.71 Å². The first-order valence-corrected chi connectivity index (χ1v) is 12.8. The molecule has 4 aliphatic rings. The van der Waals surface area contributed by atoms with Gasteiger partial charge in [-0.3, -0.25) is 4.99 Å². The Balaban J connectivity index is 0.000000192. The van der Waals surface area contributed by atoms with E-state index in [4.69, 9.17) is 5.73 Å². The Labute approximate surface area is 189 Å². The van der Waals surface area contributed by atoms with Crippen LogP contribution in [0.5, 0.6) is 0 Å². The lowest BCUT2D eigenvalue weighted by Crippen LogP contribution is -2.44. The van der Waals surface area contributed by atoms with E-state index in [1.54, 1.807) is 5.57 Å². The molecule has 0 aromatic heterocycles. The van der Waals surface area contributed by atoms with E-state index in [0.29, 0.717) is 6.04 Å². The molecule has 1 aromatic carbocycles. The molecule has 4 N–H and O–H groups in total. The highest BCUT2D eigenvalue weighted by Crippen LogP contribution is 2.27. The van der Waals surface area contributed by atoms with Crippen LogP contribution in [0.15, 0.2) is 40.9 Å². The minimum Gasteiger partial charge on any atom is -0.330 e. The van der Waals surface area contributed by atoms with E-state index >= 15 is 0 Å². The third-order valence-electron chi connectivity index (χ3n) is 7.59. The molecule has 1 atom stereocenters. The summed E-state index contributed by atoms with van der Waals surface area (Å²) in [6, 6.07) is 9.39. The number of nitrogens with two attached hydrogens (primary N) is 1. The number of nitrogens with one attached hydrogen (secondary N) is 2. The fourth-order valence-electron chi connectivity index (χ4n) is 5.55. The van der Waals surface area contributed by atoms with Crippen LogP contribution in [-0.4, -0.2) is 37.9 Å². The number of allylic oxidation sites excluding steroid dienone is 1. The summed E-state index contributed by atoms with van der Waals surface area (Å²) in [7, 11) is 0. The maximum absolute atomic E-state index is 5.76. The molecule has 1 unspecified atom stereocenters. The molecule has 2 aliphatic carbocycles. The van der Waals surface area contributed by atoms with E-state index in [0.717, 1.165) is 44.4 Å².